The summed E-state index contributed by atoms with van der Waals surface area (Å²) in [5.41, 5.74) is 9.12. The van der Waals surface area contributed by atoms with Crippen LogP contribution in [0.15, 0.2) is 53.9 Å². The van der Waals surface area contributed by atoms with E-state index in [0.717, 1.165) is 33.6 Å². The van der Waals surface area contributed by atoms with E-state index in [4.69, 9.17) is 9.47 Å². The predicted octanol–water partition coefficient (Wildman–Crippen LogP) is 3.98. The van der Waals surface area contributed by atoms with Gasteiger partial charge in [0.2, 0.25) is 11.9 Å². The number of nitrogens with zero attached hydrogens (tertiary/aromatic N) is 1. The van der Waals surface area contributed by atoms with Crippen molar-refractivity contribution in [2.75, 3.05) is 17.6 Å². The van der Waals surface area contributed by atoms with Gasteiger partial charge in [0.25, 0.3) is 0 Å². The third-order valence-corrected chi connectivity index (χ3v) is 4.02. The van der Waals surface area contributed by atoms with Crippen LogP contribution in [0.5, 0.6) is 11.5 Å². The van der Waals surface area contributed by atoms with E-state index in [1.807, 2.05) is 53.9 Å². The molecule has 0 saturated heterocycles. The number of para-hydroxylation sites is 1. The molecule has 0 amide bonds. The van der Waals surface area contributed by atoms with E-state index < -0.39 is 0 Å². The van der Waals surface area contributed by atoms with Gasteiger partial charge in [-0.05, 0) is 30.3 Å². The molecule has 1 aromatic heterocycles. The van der Waals surface area contributed by atoms with Gasteiger partial charge in [-0.2, -0.15) is 0 Å². The lowest BCUT2D eigenvalue weighted by atomic mass is 10.1. The first-order valence-electron chi connectivity index (χ1n) is 6.81. The van der Waals surface area contributed by atoms with Crippen LogP contribution in [-0.4, -0.2) is 11.8 Å². The summed E-state index contributed by atoms with van der Waals surface area (Å²) in [5.74, 6) is 1.55. The summed E-state index contributed by atoms with van der Waals surface area (Å²) >= 11 is 1.54. The molecule has 2 aromatic carbocycles. The van der Waals surface area contributed by atoms with Crippen molar-refractivity contribution in [1.29, 1.82) is 0 Å². The van der Waals surface area contributed by atoms with Crippen molar-refractivity contribution in [1.82, 2.24) is 4.98 Å². The second-order valence-corrected chi connectivity index (χ2v) is 5.58. The number of nitrogens with one attached hydrogen (secondary N) is 2. The Morgan fingerprint density at radius 3 is 2.73 bits per heavy atom. The lowest BCUT2D eigenvalue weighted by Gasteiger charge is -2.05. The van der Waals surface area contributed by atoms with E-state index in [1.54, 1.807) is 11.3 Å². The van der Waals surface area contributed by atoms with Crippen molar-refractivity contribution in [2.24, 2.45) is 0 Å². The standard InChI is InChI=1S/C16H13N3O2S/c1-2-4-12(5-3-1)18-19-16-17-13(9-22-16)11-6-7-14-15(8-11)21-10-20-14/h1-9,18H,10H2,(H,17,19). The number of thiazole rings is 1. The Labute approximate surface area is 131 Å². The smallest absolute Gasteiger partial charge is 0.231 e. The maximum atomic E-state index is 5.40. The molecule has 1 aliphatic heterocycles. The normalized spacial score (nSPS) is 12.2. The van der Waals surface area contributed by atoms with Gasteiger partial charge in [0.15, 0.2) is 11.5 Å². The molecule has 110 valence electrons. The lowest BCUT2D eigenvalue weighted by Crippen LogP contribution is -2.07. The highest BCUT2D eigenvalue weighted by Crippen LogP contribution is 2.36. The van der Waals surface area contributed by atoms with Crippen LogP contribution in [-0.2, 0) is 0 Å². The molecule has 0 spiro atoms. The van der Waals surface area contributed by atoms with Crippen LogP contribution in [0.4, 0.5) is 10.8 Å². The quantitative estimate of drug-likeness (QED) is 0.714. The number of aromatic nitrogens is 1. The number of ether oxygens (including phenoxy) is 2. The predicted molar refractivity (Wildman–Crippen MR) is 87.4 cm³/mol. The molecule has 3 aromatic rings. The van der Waals surface area contributed by atoms with E-state index in [-0.39, 0.29) is 6.79 Å². The number of benzene rings is 2. The van der Waals surface area contributed by atoms with Crippen LogP contribution >= 0.6 is 11.3 Å². The molecular weight excluding hydrogens is 298 g/mol. The topological polar surface area (TPSA) is 55.4 Å². The molecule has 0 saturated carbocycles. The zero-order chi connectivity index (χ0) is 14.8. The third kappa shape index (κ3) is 2.56. The first-order chi connectivity index (χ1) is 10.9. The average molecular weight is 311 g/mol. The Bertz CT molecular complexity index is 789. The molecule has 0 atom stereocenters. The molecule has 6 heteroatoms. The lowest BCUT2D eigenvalue weighted by molar-refractivity contribution is 0.174. The molecular formula is C16H13N3O2S. The Morgan fingerprint density at radius 2 is 1.82 bits per heavy atom. The second kappa shape index (κ2) is 5.57. The van der Waals surface area contributed by atoms with Gasteiger partial charge in [0, 0.05) is 10.9 Å². The summed E-state index contributed by atoms with van der Waals surface area (Å²) in [6.07, 6.45) is 0. The van der Waals surface area contributed by atoms with Crippen molar-refractivity contribution < 1.29 is 9.47 Å². The highest BCUT2D eigenvalue weighted by molar-refractivity contribution is 7.14. The molecule has 0 fully saturated rings. The minimum absolute atomic E-state index is 0.281. The highest BCUT2D eigenvalue weighted by Gasteiger charge is 2.15. The van der Waals surface area contributed by atoms with Gasteiger partial charge in [-0.3, -0.25) is 10.9 Å². The van der Waals surface area contributed by atoms with Crippen molar-refractivity contribution >= 4 is 22.2 Å². The first-order valence-corrected chi connectivity index (χ1v) is 7.69. The minimum Gasteiger partial charge on any atom is -0.454 e. The van der Waals surface area contributed by atoms with E-state index in [2.05, 4.69) is 15.8 Å². The molecule has 5 nitrogen and oxygen atoms in total. The molecule has 2 heterocycles. The van der Waals surface area contributed by atoms with E-state index >= 15 is 0 Å². The van der Waals surface area contributed by atoms with Crippen molar-refractivity contribution in [3.8, 4) is 22.8 Å². The maximum Gasteiger partial charge on any atom is 0.231 e. The average Bonchev–Trinajstić information content (AvgIpc) is 3.22. The molecule has 0 unspecified atom stereocenters. The SMILES string of the molecule is c1ccc(NNc2nc(-c3ccc4c(c3)OCO4)cs2)cc1. The molecule has 1 aliphatic rings. The van der Waals surface area contributed by atoms with Crippen molar-refractivity contribution in [2.45, 2.75) is 0 Å². The number of hydrogen-bond acceptors (Lipinski definition) is 6. The molecule has 0 bridgehead atoms. The van der Waals surface area contributed by atoms with Gasteiger partial charge in [0.05, 0.1) is 11.4 Å². The van der Waals surface area contributed by atoms with Crippen LogP contribution in [0.3, 0.4) is 0 Å². The summed E-state index contributed by atoms with van der Waals surface area (Å²) in [7, 11) is 0. The highest BCUT2D eigenvalue weighted by atomic mass is 32.1. The Kier molecular flexibility index (Phi) is 3.29. The van der Waals surface area contributed by atoms with E-state index in [0.29, 0.717) is 0 Å². The minimum atomic E-state index is 0.281. The first kappa shape index (κ1) is 13.0. The fourth-order valence-corrected chi connectivity index (χ4v) is 2.84. The summed E-state index contributed by atoms with van der Waals surface area (Å²) in [6, 6.07) is 15.7. The zero-order valence-electron chi connectivity index (χ0n) is 11.6. The van der Waals surface area contributed by atoms with E-state index in [9.17, 15) is 0 Å². The molecule has 0 radical (unpaired) electrons. The van der Waals surface area contributed by atoms with Crippen molar-refractivity contribution in [3.63, 3.8) is 0 Å². The van der Waals surface area contributed by atoms with Gasteiger partial charge in [0.1, 0.15) is 0 Å². The number of anilines is 2. The van der Waals surface area contributed by atoms with Crippen LogP contribution in [0.1, 0.15) is 0 Å². The molecule has 2 N–H and O–H groups in total. The second-order valence-electron chi connectivity index (χ2n) is 4.72. The number of rotatable bonds is 4. The molecule has 4 rings (SSSR count). The molecule has 0 aliphatic carbocycles. The van der Waals surface area contributed by atoms with Gasteiger partial charge >= 0.3 is 0 Å². The van der Waals surface area contributed by atoms with Crippen molar-refractivity contribution in [3.05, 3.63) is 53.9 Å². The van der Waals surface area contributed by atoms with Gasteiger partial charge in [-0.1, -0.05) is 18.2 Å². The third-order valence-electron chi connectivity index (χ3n) is 3.26. The largest absolute Gasteiger partial charge is 0.454 e. The fourth-order valence-electron chi connectivity index (χ4n) is 2.17. The van der Waals surface area contributed by atoms with Crippen LogP contribution < -0.4 is 20.3 Å². The Morgan fingerprint density at radius 1 is 0.955 bits per heavy atom. The zero-order valence-corrected chi connectivity index (χ0v) is 12.4. The van der Waals surface area contributed by atoms with Crippen LogP contribution in [0, 0.1) is 0 Å². The fraction of sp³-hybridized carbons (Fsp3) is 0.0625. The maximum absolute atomic E-state index is 5.40. The number of hydrazine groups is 1. The van der Waals surface area contributed by atoms with Gasteiger partial charge in [-0.25, -0.2) is 4.98 Å². The Balaban J connectivity index is 1.49. The summed E-state index contributed by atoms with van der Waals surface area (Å²) in [4.78, 5) is 4.57. The number of fused-ring (bicyclic) bond motifs is 1. The van der Waals surface area contributed by atoms with Crippen LogP contribution in [0.2, 0.25) is 0 Å². The van der Waals surface area contributed by atoms with Gasteiger partial charge < -0.3 is 9.47 Å². The van der Waals surface area contributed by atoms with Gasteiger partial charge in [-0.15, -0.1) is 11.3 Å². The van der Waals surface area contributed by atoms with E-state index in [1.165, 1.54) is 0 Å². The monoisotopic (exact) mass is 311 g/mol. The van der Waals surface area contributed by atoms with Crippen LogP contribution in [0.25, 0.3) is 11.3 Å². The Hall–Kier alpha value is -2.73. The summed E-state index contributed by atoms with van der Waals surface area (Å²) < 4.78 is 10.7. The summed E-state index contributed by atoms with van der Waals surface area (Å²) in [5, 5.41) is 2.81. The summed E-state index contributed by atoms with van der Waals surface area (Å²) in [6.45, 7) is 0.281. The molecule has 22 heavy (non-hydrogen) atoms. The number of hydrogen-bond donors (Lipinski definition) is 2.